The van der Waals surface area contributed by atoms with E-state index in [1.807, 2.05) is 0 Å². The van der Waals surface area contributed by atoms with Gasteiger partial charge in [-0.05, 0) is 48.5 Å². The third-order valence-electron chi connectivity index (χ3n) is 3.97. The highest BCUT2D eigenvalue weighted by atomic mass is 35.5. The van der Waals surface area contributed by atoms with Gasteiger partial charge in [0.15, 0.2) is 0 Å². The van der Waals surface area contributed by atoms with E-state index in [0.717, 1.165) is 18.2 Å². The van der Waals surface area contributed by atoms with Gasteiger partial charge >= 0.3 is 6.18 Å². The summed E-state index contributed by atoms with van der Waals surface area (Å²) in [6, 6.07) is 11.2. The molecule has 0 fully saturated rings. The standard InChI is InChI=1S/C20H14ClF3N4O2/c21-16-6-4-13(9-15(16)19(30)28-14-5-7-17(25)26-10-14)27-18(29)11-2-1-3-12(8-11)20(22,23)24/h1-10H,(H2,25,26)(H,27,29)(H,28,30). The maximum Gasteiger partial charge on any atom is 0.416 e. The summed E-state index contributed by atoms with van der Waals surface area (Å²) < 4.78 is 38.5. The van der Waals surface area contributed by atoms with Crippen LogP contribution in [0.2, 0.25) is 5.02 Å². The fraction of sp³-hybridized carbons (Fsp3) is 0.0500. The van der Waals surface area contributed by atoms with Gasteiger partial charge in [0.25, 0.3) is 11.8 Å². The third kappa shape index (κ3) is 5.06. The summed E-state index contributed by atoms with van der Waals surface area (Å²) >= 11 is 6.07. The van der Waals surface area contributed by atoms with Crippen LogP contribution < -0.4 is 16.4 Å². The molecule has 0 atom stereocenters. The summed E-state index contributed by atoms with van der Waals surface area (Å²) in [6.45, 7) is 0. The predicted octanol–water partition coefficient (Wildman–Crippen LogP) is 4.84. The lowest BCUT2D eigenvalue weighted by Gasteiger charge is -2.11. The first-order chi connectivity index (χ1) is 14.1. The van der Waals surface area contributed by atoms with E-state index in [-0.39, 0.29) is 27.7 Å². The van der Waals surface area contributed by atoms with E-state index in [0.29, 0.717) is 5.69 Å². The Kier molecular flexibility index (Phi) is 5.93. The Hall–Kier alpha value is -3.59. The van der Waals surface area contributed by atoms with Crippen LogP contribution >= 0.6 is 11.6 Å². The molecule has 2 amide bonds. The van der Waals surface area contributed by atoms with Crippen molar-refractivity contribution in [2.24, 2.45) is 0 Å². The van der Waals surface area contributed by atoms with Crippen molar-refractivity contribution < 1.29 is 22.8 Å². The van der Waals surface area contributed by atoms with Crippen molar-refractivity contribution in [3.63, 3.8) is 0 Å². The Morgan fingerprint density at radius 1 is 0.933 bits per heavy atom. The molecule has 0 spiro atoms. The van der Waals surface area contributed by atoms with Crippen molar-refractivity contribution in [2.45, 2.75) is 6.18 Å². The molecule has 0 saturated carbocycles. The topological polar surface area (TPSA) is 97.1 Å². The summed E-state index contributed by atoms with van der Waals surface area (Å²) in [5.41, 5.74) is 4.98. The first-order valence-corrected chi connectivity index (χ1v) is 8.82. The maximum atomic E-state index is 12.8. The van der Waals surface area contributed by atoms with Gasteiger partial charge in [0.05, 0.1) is 28.0 Å². The summed E-state index contributed by atoms with van der Waals surface area (Å²) in [4.78, 5) is 28.7. The van der Waals surface area contributed by atoms with Crippen molar-refractivity contribution in [3.05, 3.63) is 82.5 Å². The number of carbonyl (C=O) groups excluding carboxylic acids is 2. The van der Waals surface area contributed by atoms with E-state index in [4.69, 9.17) is 17.3 Å². The molecule has 1 heterocycles. The van der Waals surface area contributed by atoms with E-state index >= 15 is 0 Å². The van der Waals surface area contributed by atoms with Crippen molar-refractivity contribution in [1.82, 2.24) is 4.98 Å². The van der Waals surface area contributed by atoms with Gasteiger partial charge in [-0.3, -0.25) is 9.59 Å². The van der Waals surface area contributed by atoms with Crippen LogP contribution in [0.25, 0.3) is 0 Å². The highest BCUT2D eigenvalue weighted by molar-refractivity contribution is 6.34. The number of nitrogens with one attached hydrogen (secondary N) is 2. The number of rotatable bonds is 4. The number of amides is 2. The minimum atomic E-state index is -4.57. The van der Waals surface area contributed by atoms with E-state index in [9.17, 15) is 22.8 Å². The Morgan fingerprint density at radius 2 is 1.63 bits per heavy atom. The molecule has 1 aromatic heterocycles. The Bertz CT molecular complexity index is 1100. The Morgan fingerprint density at radius 3 is 2.30 bits per heavy atom. The number of nitrogen functional groups attached to an aromatic ring is 1. The highest BCUT2D eigenvalue weighted by Gasteiger charge is 2.30. The summed E-state index contributed by atoms with van der Waals surface area (Å²) in [6.07, 6.45) is -3.21. The van der Waals surface area contributed by atoms with Gasteiger partial charge in [-0.15, -0.1) is 0 Å². The second-order valence-electron chi connectivity index (χ2n) is 6.15. The average molecular weight is 435 g/mol. The summed E-state index contributed by atoms with van der Waals surface area (Å²) in [5, 5.41) is 5.16. The number of alkyl halides is 3. The third-order valence-corrected chi connectivity index (χ3v) is 4.29. The van der Waals surface area contributed by atoms with Crippen molar-refractivity contribution in [2.75, 3.05) is 16.4 Å². The fourth-order valence-corrected chi connectivity index (χ4v) is 2.70. The largest absolute Gasteiger partial charge is 0.416 e. The molecule has 154 valence electrons. The van der Waals surface area contributed by atoms with Crippen molar-refractivity contribution in [1.29, 1.82) is 0 Å². The van der Waals surface area contributed by atoms with Crippen LogP contribution in [0.15, 0.2) is 60.8 Å². The van der Waals surface area contributed by atoms with Crippen molar-refractivity contribution in [3.8, 4) is 0 Å². The number of carbonyl (C=O) groups is 2. The monoisotopic (exact) mass is 434 g/mol. The lowest BCUT2D eigenvalue weighted by molar-refractivity contribution is -0.137. The second-order valence-corrected chi connectivity index (χ2v) is 6.56. The number of hydrogen-bond donors (Lipinski definition) is 3. The quantitative estimate of drug-likeness (QED) is 0.547. The molecule has 2 aromatic carbocycles. The minimum Gasteiger partial charge on any atom is -0.384 e. The predicted molar refractivity (Wildman–Crippen MR) is 107 cm³/mol. The van der Waals surface area contributed by atoms with Crippen LogP contribution in [0.4, 0.5) is 30.4 Å². The van der Waals surface area contributed by atoms with E-state index in [1.165, 1.54) is 36.5 Å². The van der Waals surface area contributed by atoms with Crippen LogP contribution in [0, 0.1) is 0 Å². The summed E-state index contributed by atoms with van der Waals surface area (Å²) in [7, 11) is 0. The zero-order chi connectivity index (χ0) is 21.9. The number of anilines is 3. The number of nitrogens with two attached hydrogens (primary N) is 1. The Labute approximate surface area is 173 Å². The first kappa shape index (κ1) is 21.1. The number of nitrogens with zero attached hydrogens (tertiary/aromatic N) is 1. The Balaban J connectivity index is 1.78. The molecular weight excluding hydrogens is 421 g/mol. The van der Waals surface area contributed by atoms with Gasteiger partial charge in [-0.25, -0.2) is 4.98 Å². The summed E-state index contributed by atoms with van der Waals surface area (Å²) in [5.74, 6) is -1.05. The van der Waals surface area contributed by atoms with Gasteiger partial charge < -0.3 is 16.4 Å². The zero-order valence-corrected chi connectivity index (χ0v) is 15.9. The molecule has 6 nitrogen and oxygen atoms in total. The molecule has 0 aliphatic heterocycles. The smallest absolute Gasteiger partial charge is 0.384 e. The second kappa shape index (κ2) is 8.42. The van der Waals surface area contributed by atoms with E-state index < -0.39 is 23.6 Å². The molecule has 0 aliphatic carbocycles. The number of aromatic nitrogens is 1. The van der Waals surface area contributed by atoms with Gasteiger partial charge in [-0.1, -0.05) is 17.7 Å². The van der Waals surface area contributed by atoms with Gasteiger partial charge in [0, 0.05) is 11.3 Å². The number of pyridine rings is 1. The van der Waals surface area contributed by atoms with Crippen LogP contribution in [0.5, 0.6) is 0 Å². The molecule has 3 aromatic rings. The first-order valence-electron chi connectivity index (χ1n) is 8.44. The molecule has 30 heavy (non-hydrogen) atoms. The number of halogens is 4. The van der Waals surface area contributed by atoms with Crippen LogP contribution in [-0.2, 0) is 6.18 Å². The molecule has 10 heteroatoms. The maximum absolute atomic E-state index is 12.8. The molecule has 0 bridgehead atoms. The SMILES string of the molecule is Nc1ccc(NC(=O)c2cc(NC(=O)c3cccc(C(F)(F)F)c3)ccc2Cl)cn1. The highest BCUT2D eigenvalue weighted by Crippen LogP contribution is 2.30. The normalized spacial score (nSPS) is 11.1. The lowest BCUT2D eigenvalue weighted by Crippen LogP contribution is -2.16. The number of hydrogen-bond acceptors (Lipinski definition) is 4. The van der Waals surface area contributed by atoms with Crippen LogP contribution in [0.1, 0.15) is 26.3 Å². The molecule has 0 aliphatic rings. The molecule has 0 radical (unpaired) electrons. The van der Waals surface area contributed by atoms with E-state index in [2.05, 4.69) is 15.6 Å². The minimum absolute atomic E-state index is 0.0512. The molecule has 0 saturated heterocycles. The van der Waals surface area contributed by atoms with Gasteiger partial charge in [-0.2, -0.15) is 13.2 Å². The number of benzene rings is 2. The zero-order valence-electron chi connectivity index (χ0n) is 15.1. The molecule has 0 unspecified atom stereocenters. The van der Waals surface area contributed by atoms with Gasteiger partial charge in [0.1, 0.15) is 5.82 Å². The lowest BCUT2D eigenvalue weighted by atomic mass is 10.1. The average Bonchev–Trinajstić information content (AvgIpc) is 2.70. The fourth-order valence-electron chi connectivity index (χ4n) is 2.49. The molecular formula is C20H14ClF3N4O2. The van der Waals surface area contributed by atoms with Gasteiger partial charge in [0.2, 0.25) is 0 Å². The molecule has 3 rings (SSSR count). The van der Waals surface area contributed by atoms with E-state index in [1.54, 1.807) is 6.07 Å². The van der Waals surface area contributed by atoms with Crippen molar-refractivity contribution >= 4 is 40.6 Å². The van der Waals surface area contributed by atoms with Crippen LogP contribution in [0.3, 0.4) is 0 Å². The molecule has 4 N–H and O–H groups in total. The van der Waals surface area contributed by atoms with Crippen LogP contribution in [-0.4, -0.2) is 16.8 Å².